The SMILES string of the molecule is Cc1cc(Br)cc(C=O)c1OCCO. The van der Waals surface area contributed by atoms with Crippen LogP contribution < -0.4 is 4.74 Å². The normalized spacial score (nSPS) is 9.93. The van der Waals surface area contributed by atoms with Gasteiger partial charge in [0.25, 0.3) is 0 Å². The molecule has 0 fully saturated rings. The highest BCUT2D eigenvalue weighted by atomic mass is 79.9. The number of aryl methyl sites for hydroxylation is 1. The second-order valence-corrected chi connectivity index (χ2v) is 3.75. The lowest BCUT2D eigenvalue weighted by molar-refractivity contribution is 0.111. The van der Waals surface area contributed by atoms with E-state index in [0.717, 1.165) is 16.3 Å². The molecule has 0 saturated heterocycles. The number of carbonyl (C=O) groups excluding carboxylic acids is 1. The van der Waals surface area contributed by atoms with Gasteiger partial charge in [-0.1, -0.05) is 15.9 Å². The molecule has 1 rings (SSSR count). The van der Waals surface area contributed by atoms with E-state index < -0.39 is 0 Å². The van der Waals surface area contributed by atoms with E-state index in [-0.39, 0.29) is 13.2 Å². The van der Waals surface area contributed by atoms with E-state index in [1.54, 1.807) is 6.07 Å². The van der Waals surface area contributed by atoms with Crippen molar-refractivity contribution in [1.82, 2.24) is 0 Å². The van der Waals surface area contributed by atoms with Gasteiger partial charge < -0.3 is 9.84 Å². The molecule has 0 radical (unpaired) electrons. The number of aliphatic hydroxyl groups is 1. The lowest BCUT2D eigenvalue weighted by Gasteiger charge is -2.10. The molecule has 0 heterocycles. The van der Waals surface area contributed by atoms with Crippen LogP contribution in [0.25, 0.3) is 0 Å². The maximum Gasteiger partial charge on any atom is 0.153 e. The number of hydrogen-bond acceptors (Lipinski definition) is 3. The lowest BCUT2D eigenvalue weighted by Crippen LogP contribution is -2.05. The first kappa shape index (κ1) is 11.2. The summed E-state index contributed by atoms with van der Waals surface area (Å²) in [5.74, 6) is 0.539. The molecule has 4 heteroatoms. The highest BCUT2D eigenvalue weighted by Crippen LogP contribution is 2.26. The summed E-state index contributed by atoms with van der Waals surface area (Å²) in [6.07, 6.45) is 0.741. The van der Waals surface area contributed by atoms with Gasteiger partial charge in [0.15, 0.2) is 6.29 Å². The van der Waals surface area contributed by atoms with Crippen molar-refractivity contribution in [3.63, 3.8) is 0 Å². The second-order valence-electron chi connectivity index (χ2n) is 2.83. The molecule has 76 valence electrons. The molecule has 0 aliphatic carbocycles. The van der Waals surface area contributed by atoms with Crippen LogP contribution in [-0.4, -0.2) is 24.6 Å². The van der Waals surface area contributed by atoms with Crippen LogP contribution in [0.5, 0.6) is 5.75 Å². The highest BCUT2D eigenvalue weighted by molar-refractivity contribution is 9.10. The Bertz CT molecular complexity index is 336. The topological polar surface area (TPSA) is 46.5 Å². The zero-order chi connectivity index (χ0) is 10.6. The Labute approximate surface area is 90.8 Å². The van der Waals surface area contributed by atoms with Crippen LogP contribution in [-0.2, 0) is 0 Å². The molecule has 0 bridgehead atoms. The summed E-state index contributed by atoms with van der Waals surface area (Å²) in [5.41, 5.74) is 1.36. The molecule has 3 nitrogen and oxygen atoms in total. The molecule has 0 aliphatic rings. The Morgan fingerprint density at radius 3 is 2.86 bits per heavy atom. The summed E-state index contributed by atoms with van der Waals surface area (Å²) in [4.78, 5) is 10.7. The standard InChI is InChI=1S/C10H11BrO3/c1-7-4-9(11)5-8(6-13)10(7)14-3-2-12/h4-6,12H,2-3H2,1H3. The summed E-state index contributed by atoms with van der Waals surface area (Å²) in [6, 6.07) is 3.55. The molecular weight excluding hydrogens is 248 g/mol. The number of halogens is 1. The second kappa shape index (κ2) is 5.12. The average molecular weight is 259 g/mol. The van der Waals surface area contributed by atoms with Crippen LogP contribution in [0.1, 0.15) is 15.9 Å². The molecular formula is C10H11BrO3. The van der Waals surface area contributed by atoms with Crippen LogP contribution in [0.4, 0.5) is 0 Å². The molecule has 1 aromatic rings. The predicted molar refractivity (Wildman–Crippen MR) is 56.8 cm³/mol. The predicted octanol–water partition coefficient (Wildman–Crippen LogP) is 1.94. The zero-order valence-electron chi connectivity index (χ0n) is 7.79. The summed E-state index contributed by atoms with van der Waals surface area (Å²) in [7, 11) is 0. The van der Waals surface area contributed by atoms with Gasteiger partial charge in [0.1, 0.15) is 12.4 Å². The van der Waals surface area contributed by atoms with E-state index in [0.29, 0.717) is 11.3 Å². The number of hydrogen-bond donors (Lipinski definition) is 1. The van der Waals surface area contributed by atoms with Crippen LogP contribution in [0.2, 0.25) is 0 Å². The first-order valence-electron chi connectivity index (χ1n) is 4.18. The van der Waals surface area contributed by atoms with Crippen molar-refractivity contribution in [3.05, 3.63) is 27.7 Å². The van der Waals surface area contributed by atoms with Gasteiger partial charge in [-0.2, -0.15) is 0 Å². The van der Waals surface area contributed by atoms with Crippen molar-refractivity contribution < 1.29 is 14.6 Å². The lowest BCUT2D eigenvalue weighted by atomic mass is 10.1. The van der Waals surface area contributed by atoms with Crippen LogP contribution in [0.15, 0.2) is 16.6 Å². The van der Waals surface area contributed by atoms with E-state index in [2.05, 4.69) is 15.9 Å². The molecule has 1 aromatic carbocycles. The van der Waals surface area contributed by atoms with Crippen molar-refractivity contribution in [2.75, 3.05) is 13.2 Å². The van der Waals surface area contributed by atoms with Crippen LogP contribution in [0.3, 0.4) is 0 Å². The maximum absolute atomic E-state index is 10.7. The molecule has 0 atom stereocenters. The fraction of sp³-hybridized carbons (Fsp3) is 0.300. The number of rotatable bonds is 4. The first-order chi connectivity index (χ1) is 6.69. The third-order valence-corrected chi connectivity index (χ3v) is 2.19. The van der Waals surface area contributed by atoms with Crippen molar-refractivity contribution in [2.45, 2.75) is 6.92 Å². The smallest absolute Gasteiger partial charge is 0.153 e. The summed E-state index contributed by atoms with van der Waals surface area (Å²) < 4.78 is 6.10. The number of aliphatic hydroxyl groups excluding tert-OH is 1. The number of aldehydes is 1. The van der Waals surface area contributed by atoms with Gasteiger partial charge in [-0.25, -0.2) is 0 Å². The van der Waals surface area contributed by atoms with E-state index in [1.165, 1.54) is 0 Å². The van der Waals surface area contributed by atoms with Crippen molar-refractivity contribution in [3.8, 4) is 5.75 Å². The summed E-state index contributed by atoms with van der Waals surface area (Å²) in [6.45, 7) is 1.99. The third kappa shape index (κ3) is 2.56. The van der Waals surface area contributed by atoms with Gasteiger partial charge in [0.05, 0.1) is 12.2 Å². The number of benzene rings is 1. The Morgan fingerprint density at radius 2 is 2.29 bits per heavy atom. The van der Waals surface area contributed by atoms with Gasteiger partial charge in [0, 0.05) is 4.47 Å². The fourth-order valence-electron chi connectivity index (χ4n) is 1.19. The largest absolute Gasteiger partial charge is 0.490 e. The van der Waals surface area contributed by atoms with E-state index in [1.807, 2.05) is 13.0 Å². The van der Waals surface area contributed by atoms with Crippen molar-refractivity contribution in [2.24, 2.45) is 0 Å². The minimum absolute atomic E-state index is 0.0617. The van der Waals surface area contributed by atoms with Gasteiger partial charge in [-0.05, 0) is 24.6 Å². The molecule has 0 aromatic heterocycles. The van der Waals surface area contributed by atoms with E-state index >= 15 is 0 Å². The van der Waals surface area contributed by atoms with Gasteiger partial charge in [0.2, 0.25) is 0 Å². The first-order valence-corrected chi connectivity index (χ1v) is 4.97. The Hall–Kier alpha value is -0.870. The Morgan fingerprint density at radius 1 is 1.57 bits per heavy atom. The zero-order valence-corrected chi connectivity index (χ0v) is 9.37. The maximum atomic E-state index is 10.7. The molecule has 0 amide bonds. The van der Waals surface area contributed by atoms with Gasteiger partial charge in [-0.15, -0.1) is 0 Å². The average Bonchev–Trinajstić information content (AvgIpc) is 2.15. The molecule has 0 aliphatic heterocycles. The van der Waals surface area contributed by atoms with Gasteiger partial charge >= 0.3 is 0 Å². The van der Waals surface area contributed by atoms with E-state index in [4.69, 9.17) is 9.84 Å². The molecule has 14 heavy (non-hydrogen) atoms. The Balaban J connectivity index is 3.05. The molecule has 0 unspecified atom stereocenters. The van der Waals surface area contributed by atoms with Crippen molar-refractivity contribution >= 4 is 22.2 Å². The van der Waals surface area contributed by atoms with Gasteiger partial charge in [-0.3, -0.25) is 4.79 Å². The summed E-state index contributed by atoms with van der Waals surface area (Å²) >= 11 is 3.29. The minimum Gasteiger partial charge on any atom is -0.490 e. The summed E-state index contributed by atoms with van der Waals surface area (Å²) in [5, 5.41) is 8.61. The molecule has 0 spiro atoms. The highest BCUT2D eigenvalue weighted by Gasteiger charge is 2.07. The monoisotopic (exact) mass is 258 g/mol. The van der Waals surface area contributed by atoms with Crippen LogP contribution in [0, 0.1) is 6.92 Å². The number of carbonyl (C=O) groups is 1. The quantitative estimate of drug-likeness (QED) is 0.840. The molecule has 0 saturated carbocycles. The minimum atomic E-state index is -0.0617. The van der Waals surface area contributed by atoms with E-state index in [9.17, 15) is 4.79 Å². The van der Waals surface area contributed by atoms with Crippen LogP contribution >= 0.6 is 15.9 Å². The third-order valence-electron chi connectivity index (χ3n) is 1.73. The Kier molecular flexibility index (Phi) is 4.10. The molecule has 1 N–H and O–H groups in total. The van der Waals surface area contributed by atoms with Crippen molar-refractivity contribution in [1.29, 1.82) is 0 Å². The fourth-order valence-corrected chi connectivity index (χ4v) is 1.78. The number of ether oxygens (including phenoxy) is 1.